The van der Waals surface area contributed by atoms with Crippen LogP contribution in [-0.2, 0) is 0 Å². The van der Waals surface area contributed by atoms with E-state index in [1.807, 2.05) is 0 Å². The van der Waals surface area contributed by atoms with Crippen LogP contribution in [0.3, 0.4) is 0 Å². The summed E-state index contributed by atoms with van der Waals surface area (Å²) in [5, 5.41) is 2.60. The van der Waals surface area contributed by atoms with Gasteiger partial charge in [0, 0.05) is 0 Å². The first-order valence-corrected chi connectivity index (χ1v) is 5.67. The average Bonchev–Trinajstić information content (AvgIpc) is 2.36. The van der Waals surface area contributed by atoms with Gasteiger partial charge in [-0.25, -0.2) is 18.2 Å². The third-order valence-electron chi connectivity index (χ3n) is 2.24. The van der Waals surface area contributed by atoms with Gasteiger partial charge >= 0.3 is 0 Å². The highest BCUT2D eigenvalue weighted by Gasteiger charge is 2.15. The largest absolute Gasteiger partial charge is 0.382 e. The van der Waals surface area contributed by atoms with Gasteiger partial charge in [-0.15, -0.1) is 0 Å². The molecule has 3 nitrogen and oxygen atoms in total. The summed E-state index contributed by atoms with van der Waals surface area (Å²) in [5.41, 5.74) is 5.14. The molecule has 0 atom stereocenters. The number of nitrogens with two attached hydrogens (primary N) is 1. The molecule has 2 aromatic rings. The van der Waals surface area contributed by atoms with Gasteiger partial charge in [-0.2, -0.15) is 0 Å². The maximum absolute atomic E-state index is 13.5. The fourth-order valence-electron chi connectivity index (χ4n) is 1.32. The van der Waals surface area contributed by atoms with Crippen LogP contribution in [0.15, 0.2) is 18.2 Å². The van der Waals surface area contributed by atoms with Crippen LogP contribution in [-0.4, -0.2) is 4.98 Å². The Balaban J connectivity index is 2.42. The van der Waals surface area contributed by atoms with Gasteiger partial charge in [0.15, 0.2) is 23.3 Å². The molecule has 3 N–H and O–H groups in total. The van der Waals surface area contributed by atoms with Crippen molar-refractivity contribution in [3.8, 4) is 0 Å². The molecule has 0 fully saturated rings. The number of nitrogen functional groups attached to an aromatic ring is 1. The normalized spacial score (nSPS) is 10.6. The molecule has 0 bridgehead atoms. The molecule has 100 valence electrons. The number of anilines is 3. The molecule has 0 aliphatic rings. The van der Waals surface area contributed by atoms with Gasteiger partial charge < -0.3 is 11.1 Å². The first-order chi connectivity index (χ1) is 8.90. The third kappa shape index (κ3) is 2.69. The highest BCUT2D eigenvalue weighted by molar-refractivity contribution is 6.37. The number of benzene rings is 1. The lowest BCUT2D eigenvalue weighted by Gasteiger charge is -2.10. The molecule has 1 aromatic heterocycles. The number of hydrogen-bond acceptors (Lipinski definition) is 3. The smallest absolute Gasteiger partial charge is 0.196 e. The van der Waals surface area contributed by atoms with Crippen LogP contribution in [0.5, 0.6) is 0 Å². The van der Waals surface area contributed by atoms with Crippen molar-refractivity contribution < 1.29 is 13.2 Å². The van der Waals surface area contributed by atoms with Crippen molar-refractivity contribution in [3.63, 3.8) is 0 Å². The van der Waals surface area contributed by atoms with Gasteiger partial charge in [0.1, 0.15) is 5.82 Å². The summed E-state index contributed by atoms with van der Waals surface area (Å²) >= 11 is 11.5. The second-order valence-corrected chi connectivity index (χ2v) is 4.35. The van der Waals surface area contributed by atoms with E-state index in [4.69, 9.17) is 28.9 Å². The number of aromatic nitrogens is 1. The zero-order valence-electron chi connectivity index (χ0n) is 9.15. The molecular formula is C11H6Cl2F3N3. The monoisotopic (exact) mass is 307 g/mol. The van der Waals surface area contributed by atoms with Crippen LogP contribution >= 0.6 is 23.2 Å². The summed E-state index contributed by atoms with van der Waals surface area (Å²) in [6, 6.07) is 3.08. The zero-order chi connectivity index (χ0) is 14.2. The van der Waals surface area contributed by atoms with E-state index in [2.05, 4.69) is 10.3 Å². The molecule has 0 saturated heterocycles. The molecule has 8 heteroatoms. The van der Waals surface area contributed by atoms with E-state index >= 15 is 0 Å². The number of nitrogens with zero attached hydrogens (tertiary/aromatic N) is 1. The maximum Gasteiger partial charge on any atom is 0.196 e. The lowest BCUT2D eigenvalue weighted by molar-refractivity contribution is 0.449. The standard InChI is InChI=1S/C11H6Cl2F3N3/c12-4-3-5(13)11(19-10(4)17)18-7-2-1-6(14)8(15)9(7)16/h1-3H,(H3,17,18,19). The van der Waals surface area contributed by atoms with Crippen molar-refractivity contribution >= 4 is 40.5 Å². The second-order valence-electron chi connectivity index (χ2n) is 3.53. The SMILES string of the molecule is Nc1nc(Nc2ccc(F)c(F)c2F)c(Cl)cc1Cl. The number of hydrogen-bond donors (Lipinski definition) is 2. The van der Waals surface area contributed by atoms with Crippen LogP contribution in [0.25, 0.3) is 0 Å². The molecule has 0 radical (unpaired) electrons. The molecule has 19 heavy (non-hydrogen) atoms. The Morgan fingerprint density at radius 1 is 1.05 bits per heavy atom. The van der Waals surface area contributed by atoms with E-state index in [9.17, 15) is 13.2 Å². The Hall–Kier alpha value is -1.66. The van der Waals surface area contributed by atoms with E-state index in [0.29, 0.717) is 0 Å². The van der Waals surface area contributed by atoms with Crippen molar-refractivity contribution in [2.75, 3.05) is 11.1 Å². The van der Waals surface area contributed by atoms with Gasteiger partial charge in [-0.05, 0) is 18.2 Å². The predicted molar refractivity (Wildman–Crippen MR) is 68.3 cm³/mol. The Morgan fingerprint density at radius 2 is 1.74 bits per heavy atom. The number of rotatable bonds is 2. The minimum Gasteiger partial charge on any atom is -0.382 e. The van der Waals surface area contributed by atoms with E-state index in [1.165, 1.54) is 6.07 Å². The molecule has 0 saturated carbocycles. The topological polar surface area (TPSA) is 50.9 Å². The Morgan fingerprint density at radius 3 is 2.42 bits per heavy atom. The highest BCUT2D eigenvalue weighted by atomic mass is 35.5. The molecule has 1 aromatic carbocycles. The first kappa shape index (κ1) is 13.8. The lowest BCUT2D eigenvalue weighted by atomic mass is 10.2. The highest BCUT2D eigenvalue weighted by Crippen LogP contribution is 2.31. The molecule has 1 heterocycles. The number of nitrogens with one attached hydrogen (secondary N) is 1. The van der Waals surface area contributed by atoms with Crippen molar-refractivity contribution in [1.82, 2.24) is 4.98 Å². The van der Waals surface area contributed by atoms with Crippen molar-refractivity contribution in [3.05, 3.63) is 45.7 Å². The zero-order valence-corrected chi connectivity index (χ0v) is 10.7. The van der Waals surface area contributed by atoms with E-state index < -0.39 is 17.5 Å². The third-order valence-corrected chi connectivity index (χ3v) is 2.84. The van der Waals surface area contributed by atoms with Crippen molar-refractivity contribution in [1.29, 1.82) is 0 Å². The number of pyridine rings is 1. The van der Waals surface area contributed by atoms with Crippen molar-refractivity contribution in [2.24, 2.45) is 0 Å². The van der Waals surface area contributed by atoms with Crippen LogP contribution in [0.2, 0.25) is 10.0 Å². The van der Waals surface area contributed by atoms with Crippen LogP contribution < -0.4 is 11.1 Å². The molecule has 0 spiro atoms. The average molecular weight is 308 g/mol. The summed E-state index contributed by atoms with van der Waals surface area (Å²) in [6.07, 6.45) is 0. The van der Waals surface area contributed by atoms with Crippen LogP contribution in [0.4, 0.5) is 30.5 Å². The molecule has 0 amide bonds. The summed E-state index contributed by atoms with van der Waals surface area (Å²) in [7, 11) is 0. The minimum absolute atomic E-state index is 0.0199. The van der Waals surface area contributed by atoms with Gasteiger partial charge in [0.2, 0.25) is 0 Å². The Labute approximate surface area is 116 Å². The summed E-state index contributed by atoms with van der Waals surface area (Å²) in [6.45, 7) is 0. The maximum atomic E-state index is 13.5. The lowest BCUT2D eigenvalue weighted by Crippen LogP contribution is -2.02. The fourth-order valence-corrected chi connectivity index (χ4v) is 1.72. The molecular weight excluding hydrogens is 302 g/mol. The van der Waals surface area contributed by atoms with Crippen molar-refractivity contribution in [2.45, 2.75) is 0 Å². The molecule has 0 unspecified atom stereocenters. The fraction of sp³-hybridized carbons (Fsp3) is 0. The first-order valence-electron chi connectivity index (χ1n) is 4.92. The second kappa shape index (κ2) is 5.14. The van der Waals surface area contributed by atoms with Gasteiger partial charge in [0.25, 0.3) is 0 Å². The Kier molecular flexibility index (Phi) is 3.73. The van der Waals surface area contributed by atoms with Gasteiger partial charge in [-0.3, -0.25) is 0 Å². The predicted octanol–water partition coefficient (Wildman–Crippen LogP) is 4.13. The number of halogens is 5. The molecule has 0 aliphatic carbocycles. The summed E-state index contributed by atoms with van der Waals surface area (Å²) < 4.78 is 39.3. The van der Waals surface area contributed by atoms with E-state index in [0.717, 1.165) is 12.1 Å². The van der Waals surface area contributed by atoms with E-state index in [1.54, 1.807) is 0 Å². The summed E-state index contributed by atoms with van der Waals surface area (Å²) in [4.78, 5) is 3.78. The quantitative estimate of drug-likeness (QED) is 0.820. The van der Waals surface area contributed by atoms with Crippen LogP contribution in [0, 0.1) is 17.5 Å². The summed E-state index contributed by atoms with van der Waals surface area (Å²) in [5.74, 6) is -4.32. The molecule has 0 aliphatic heterocycles. The minimum atomic E-state index is -1.59. The Bertz CT molecular complexity index is 650. The van der Waals surface area contributed by atoms with Gasteiger partial charge in [-0.1, -0.05) is 23.2 Å². The molecule has 2 rings (SSSR count). The van der Waals surface area contributed by atoms with E-state index in [-0.39, 0.29) is 27.4 Å². The van der Waals surface area contributed by atoms with Gasteiger partial charge in [0.05, 0.1) is 15.7 Å². The van der Waals surface area contributed by atoms with Crippen LogP contribution in [0.1, 0.15) is 0 Å².